The van der Waals surface area contributed by atoms with Gasteiger partial charge in [0, 0.05) is 49.3 Å². The number of benzene rings is 1. The Morgan fingerprint density at radius 2 is 1.84 bits per heavy atom. The molecule has 25 heavy (non-hydrogen) atoms. The molecule has 0 fully saturated rings. The molecule has 1 aromatic carbocycles. The van der Waals surface area contributed by atoms with Gasteiger partial charge in [0.15, 0.2) is 5.43 Å². The first-order valence-electron chi connectivity index (χ1n) is 8.39. The minimum absolute atomic E-state index is 0.000596. The highest BCUT2D eigenvalue weighted by Gasteiger charge is 2.14. The van der Waals surface area contributed by atoms with Crippen LogP contribution in [0.2, 0.25) is 0 Å². The van der Waals surface area contributed by atoms with E-state index in [0.717, 1.165) is 18.8 Å². The number of aromatic nitrogens is 1. The summed E-state index contributed by atoms with van der Waals surface area (Å²) in [7, 11) is 1.36. The number of carbonyl (C=O) groups excluding carboxylic acids is 1. The van der Waals surface area contributed by atoms with Gasteiger partial charge in [0.2, 0.25) is 0 Å². The molecule has 6 heteroatoms. The third kappa shape index (κ3) is 5.19. The van der Waals surface area contributed by atoms with Crippen molar-refractivity contribution in [3.63, 3.8) is 0 Å². The summed E-state index contributed by atoms with van der Waals surface area (Å²) in [6, 6.07) is 11.6. The molecule has 0 aliphatic carbocycles. The number of carbonyl (C=O) groups is 1. The molecule has 0 saturated carbocycles. The fourth-order valence-corrected chi connectivity index (χ4v) is 2.72. The van der Waals surface area contributed by atoms with Crippen molar-refractivity contribution in [2.45, 2.75) is 19.9 Å². The number of alkyl carbamates (subject to hydrolysis) is 1. The van der Waals surface area contributed by atoms with Crippen molar-refractivity contribution in [1.29, 1.82) is 0 Å². The van der Waals surface area contributed by atoms with Gasteiger partial charge in [0.25, 0.3) is 0 Å². The van der Waals surface area contributed by atoms with E-state index < -0.39 is 6.09 Å². The minimum Gasteiger partial charge on any atom is -0.453 e. The van der Waals surface area contributed by atoms with Gasteiger partial charge in [-0.25, -0.2) is 4.79 Å². The quantitative estimate of drug-likeness (QED) is 0.839. The zero-order valence-corrected chi connectivity index (χ0v) is 14.9. The summed E-state index contributed by atoms with van der Waals surface area (Å²) in [4.78, 5) is 24.6. The molecule has 0 aliphatic heterocycles. The van der Waals surface area contributed by atoms with Crippen LogP contribution in [-0.4, -0.2) is 42.3 Å². The molecule has 1 atom stereocenters. The highest BCUT2D eigenvalue weighted by molar-refractivity contribution is 5.66. The monoisotopic (exact) mass is 343 g/mol. The maximum atomic E-state index is 11.2. The van der Waals surface area contributed by atoms with Gasteiger partial charge in [0.05, 0.1) is 7.11 Å². The van der Waals surface area contributed by atoms with Crippen LogP contribution in [0.15, 0.2) is 53.6 Å². The number of rotatable bonds is 7. The van der Waals surface area contributed by atoms with Crippen LogP contribution in [0.3, 0.4) is 0 Å². The second-order valence-electron chi connectivity index (χ2n) is 5.76. The molecule has 1 amide bonds. The number of nitrogens with one attached hydrogen (secondary N) is 1. The molecule has 1 unspecified atom stereocenters. The van der Waals surface area contributed by atoms with Crippen molar-refractivity contribution < 1.29 is 9.53 Å². The smallest absolute Gasteiger partial charge is 0.406 e. The Labute approximate surface area is 148 Å². The van der Waals surface area contributed by atoms with Crippen molar-refractivity contribution in [3.8, 4) is 5.69 Å². The van der Waals surface area contributed by atoms with Gasteiger partial charge in [-0.15, -0.1) is 0 Å². The average molecular weight is 343 g/mol. The van der Waals surface area contributed by atoms with Crippen LogP contribution in [0.1, 0.15) is 25.5 Å². The van der Waals surface area contributed by atoms with E-state index in [0.29, 0.717) is 6.54 Å². The maximum Gasteiger partial charge on any atom is 0.406 e. The summed E-state index contributed by atoms with van der Waals surface area (Å²) >= 11 is 0. The molecule has 0 spiro atoms. The molecular weight excluding hydrogens is 318 g/mol. The van der Waals surface area contributed by atoms with Gasteiger partial charge in [-0.3, -0.25) is 9.69 Å². The lowest BCUT2D eigenvalue weighted by Gasteiger charge is -2.28. The first kappa shape index (κ1) is 18.7. The third-order valence-corrected chi connectivity index (χ3v) is 4.28. The molecule has 1 N–H and O–H groups in total. The number of ether oxygens (including phenoxy) is 1. The Balaban J connectivity index is 2.02. The standard InChI is InChI=1S/C19H25N3O3/c1-4-21(14-11-20-19(24)25-3)15(2)16-5-7-17(8-6-16)22-12-9-18(23)10-13-22/h5-10,12-13,15H,4,11,14H2,1-3H3,(H,20,24). The van der Waals surface area contributed by atoms with Gasteiger partial charge in [-0.05, 0) is 31.2 Å². The van der Waals surface area contributed by atoms with E-state index in [2.05, 4.69) is 40.9 Å². The van der Waals surface area contributed by atoms with Crippen LogP contribution in [0, 0.1) is 0 Å². The van der Waals surface area contributed by atoms with Gasteiger partial charge in [-0.1, -0.05) is 19.1 Å². The van der Waals surface area contributed by atoms with Crippen LogP contribution in [-0.2, 0) is 4.74 Å². The molecule has 6 nitrogen and oxygen atoms in total. The number of amides is 1. The molecule has 2 aromatic rings. The summed E-state index contributed by atoms with van der Waals surface area (Å²) in [5.74, 6) is 0. The number of hydrogen-bond donors (Lipinski definition) is 1. The largest absolute Gasteiger partial charge is 0.453 e. The van der Waals surface area contributed by atoms with Crippen molar-refractivity contribution in [2.75, 3.05) is 26.7 Å². The number of likely N-dealkylation sites (N-methyl/N-ethyl adjacent to an activating group) is 1. The molecule has 1 heterocycles. The molecule has 0 saturated heterocycles. The van der Waals surface area contributed by atoms with E-state index in [1.165, 1.54) is 12.7 Å². The molecule has 134 valence electrons. The highest BCUT2D eigenvalue weighted by atomic mass is 16.5. The summed E-state index contributed by atoms with van der Waals surface area (Å²) in [5, 5.41) is 2.71. The van der Waals surface area contributed by atoms with E-state index >= 15 is 0 Å². The summed E-state index contributed by atoms with van der Waals surface area (Å²) in [6.45, 7) is 6.42. The predicted octanol–water partition coefficient (Wildman–Crippen LogP) is 2.58. The molecule has 1 aromatic heterocycles. The fourth-order valence-electron chi connectivity index (χ4n) is 2.72. The van der Waals surface area contributed by atoms with E-state index in [4.69, 9.17) is 0 Å². The van der Waals surface area contributed by atoms with Gasteiger partial charge in [0.1, 0.15) is 0 Å². The van der Waals surface area contributed by atoms with E-state index in [9.17, 15) is 9.59 Å². The first-order valence-corrected chi connectivity index (χ1v) is 8.39. The number of hydrogen-bond acceptors (Lipinski definition) is 4. The van der Waals surface area contributed by atoms with Crippen LogP contribution in [0.25, 0.3) is 5.69 Å². The van der Waals surface area contributed by atoms with Crippen molar-refractivity contribution >= 4 is 6.09 Å². The maximum absolute atomic E-state index is 11.2. The average Bonchev–Trinajstić information content (AvgIpc) is 2.65. The second-order valence-corrected chi connectivity index (χ2v) is 5.76. The zero-order valence-electron chi connectivity index (χ0n) is 14.9. The number of nitrogens with zero attached hydrogens (tertiary/aromatic N) is 2. The van der Waals surface area contributed by atoms with Crippen LogP contribution >= 0.6 is 0 Å². The number of methoxy groups -OCH3 is 1. The van der Waals surface area contributed by atoms with Gasteiger partial charge >= 0.3 is 6.09 Å². The third-order valence-electron chi connectivity index (χ3n) is 4.28. The van der Waals surface area contributed by atoms with Crippen molar-refractivity contribution in [2.24, 2.45) is 0 Å². The van der Waals surface area contributed by atoms with E-state index in [-0.39, 0.29) is 11.5 Å². The van der Waals surface area contributed by atoms with Crippen LogP contribution in [0.5, 0.6) is 0 Å². The molecular formula is C19H25N3O3. The van der Waals surface area contributed by atoms with Gasteiger partial charge < -0.3 is 14.6 Å². The lowest BCUT2D eigenvalue weighted by atomic mass is 10.1. The Morgan fingerprint density at radius 3 is 2.40 bits per heavy atom. The molecule has 0 aliphatic rings. The molecule has 2 rings (SSSR count). The minimum atomic E-state index is -0.408. The lowest BCUT2D eigenvalue weighted by Crippen LogP contribution is -2.36. The van der Waals surface area contributed by atoms with E-state index in [1.807, 2.05) is 16.7 Å². The fraction of sp³-hybridized carbons (Fsp3) is 0.368. The topological polar surface area (TPSA) is 63.6 Å². The van der Waals surface area contributed by atoms with Crippen molar-refractivity contribution in [1.82, 2.24) is 14.8 Å². The summed E-state index contributed by atoms with van der Waals surface area (Å²) in [5.41, 5.74) is 2.21. The van der Waals surface area contributed by atoms with Crippen molar-refractivity contribution in [3.05, 3.63) is 64.6 Å². The Kier molecular flexibility index (Phi) is 6.77. The molecule has 0 radical (unpaired) electrons. The summed E-state index contributed by atoms with van der Waals surface area (Å²) in [6.07, 6.45) is 3.11. The van der Waals surface area contributed by atoms with E-state index in [1.54, 1.807) is 24.5 Å². The zero-order chi connectivity index (χ0) is 18.2. The first-order chi connectivity index (χ1) is 12.0. The van der Waals surface area contributed by atoms with Crippen LogP contribution < -0.4 is 10.7 Å². The predicted molar refractivity (Wildman–Crippen MR) is 98.1 cm³/mol. The Bertz CT molecular complexity index is 720. The Morgan fingerprint density at radius 1 is 1.20 bits per heavy atom. The Hall–Kier alpha value is -2.60. The normalized spacial score (nSPS) is 12.0. The van der Waals surface area contributed by atoms with Crippen LogP contribution in [0.4, 0.5) is 4.79 Å². The highest BCUT2D eigenvalue weighted by Crippen LogP contribution is 2.21. The molecule has 0 bridgehead atoms. The number of pyridine rings is 1. The lowest BCUT2D eigenvalue weighted by molar-refractivity contribution is 0.165. The summed E-state index contributed by atoms with van der Waals surface area (Å²) < 4.78 is 6.49. The van der Waals surface area contributed by atoms with Gasteiger partial charge in [-0.2, -0.15) is 0 Å². The second kappa shape index (κ2) is 9.03. The SMILES string of the molecule is CCN(CCNC(=O)OC)C(C)c1ccc(-n2ccc(=O)cc2)cc1.